The summed E-state index contributed by atoms with van der Waals surface area (Å²) in [6.45, 7) is -0.374. The fourth-order valence-electron chi connectivity index (χ4n) is 1.90. The first-order valence-electron chi connectivity index (χ1n) is 6.73. The predicted octanol–water partition coefficient (Wildman–Crippen LogP) is 3.40. The number of Topliss-reactive ketones (excluding diaryl/α,β-unsaturated/α-hetero) is 1. The maximum Gasteiger partial charge on any atom is 0.342 e. The van der Waals surface area contributed by atoms with Crippen molar-refractivity contribution in [3.8, 4) is 11.5 Å². The number of ether oxygens (including phenoxy) is 3. The number of rotatable bonds is 6. The molecule has 6 heteroatoms. The fraction of sp³-hybridized carbons (Fsp3) is 0.176. The van der Waals surface area contributed by atoms with Crippen LogP contribution in [0.4, 0.5) is 0 Å². The van der Waals surface area contributed by atoms with E-state index in [2.05, 4.69) is 0 Å². The molecule has 2 aromatic carbocycles. The molecule has 0 spiro atoms. The summed E-state index contributed by atoms with van der Waals surface area (Å²) in [7, 11) is 2.93. The van der Waals surface area contributed by atoms with Gasteiger partial charge in [0.15, 0.2) is 12.4 Å². The summed E-state index contributed by atoms with van der Waals surface area (Å²) in [5, 5.41) is 0.527. The normalized spacial score (nSPS) is 10.0. The summed E-state index contributed by atoms with van der Waals surface area (Å²) in [5.74, 6) is -0.156. The van der Waals surface area contributed by atoms with Gasteiger partial charge >= 0.3 is 5.97 Å². The zero-order chi connectivity index (χ0) is 16.8. The average molecular weight is 335 g/mol. The number of carbonyl (C=O) groups is 2. The van der Waals surface area contributed by atoms with Crippen molar-refractivity contribution < 1.29 is 23.8 Å². The van der Waals surface area contributed by atoms with Crippen LogP contribution in [0.5, 0.6) is 11.5 Å². The molecule has 23 heavy (non-hydrogen) atoms. The zero-order valence-corrected chi connectivity index (χ0v) is 13.4. The lowest BCUT2D eigenvalue weighted by molar-refractivity contribution is 0.0471. The summed E-state index contributed by atoms with van der Waals surface area (Å²) < 4.78 is 15.2. The molecule has 0 saturated carbocycles. The van der Waals surface area contributed by atoms with Gasteiger partial charge in [-0.2, -0.15) is 0 Å². The Balaban J connectivity index is 2.07. The largest absolute Gasteiger partial charge is 0.497 e. The lowest BCUT2D eigenvalue weighted by atomic mass is 10.1. The van der Waals surface area contributed by atoms with Crippen LogP contribution in [-0.2, 0) is 4.74 Å². The van der Waals surface area contributed by atoms with E-state index in [0.717, 1.165) is 0 Å². The van der Waals surface area contributed by atoms with Crippen molar-refractivity contribution in [2.24, 2.45) is 0 Å². The minimum atomic E-state index is -0.664. The van der Waals surface area contributed by atoms with Gasteiger partial charge in [-0.05, 0) is 42.5 Å². The first kappa shape index (κ1) is 16.8. The zero-order valence-electron chi connectivity index (χ0n) is 12.7. The topological polar surface area (TPSA) is 61.8 Å². The van der Waals surface area contributed by atoms with E-state index < -0.39 is 5.97 Å². The molecule has 5 nitrogen and oxygen atoms in total. The Bertz CT molecular complexity index is 709. The van der Waals surface area contributed by atoms with Crippen molar-refractivity contribution >= 4 is 23.4 Å². The third kappa shape index (κ3) is 4.23. The van der Waals surface area contributed by atoms with Crippen LogP contribution in [0.25, 0.3) is 0 Å². The van der Waals surface area contributed by atoms with E-state index in [1.165, 1.54) is 20.3 Å². The summed E-state index contributed by atoms with van der Waals surface area (Å²) in [6, 6.07) is 11.1. The molecule has 120 valence electrons. The third-order valence-electron chi connectivity index (χ3n) is 3.13. The summed E-state index contributed by atoms with van der Waals surface area (Å²) in [6.07, 6.45) is 0. The Morgan fingerprint density at radius 2 is 1.70 bits per heavy atom. The molecule has 0 unspecified atom stereocenters. The predicted molar refractivity (Wildman–Crippen MR) is 85.6 cm³/mol. The Kier molecular flexibility index (Phi) is 5.60. The molecule has 2 rings (SSSR count). The lowest BCUT2D eigenvalue weighted by Crippen LogP contribution is -2.15. The van der Waals surface area contributed by atoms with Gasteiger partial charge in [0, 0.05) is 10.6 Å². The van der Waals surface area contributed by atoms with Gasteiger partial charge in [0.25, 0.3) is 0 Å². The van der Waals surface area contributed by atoms with Crippen LogP contribution in [0, 0.1) is 0 Å². The van der Waals surface area contributed by atoms with E-state index >= 15 is 0 Å². The molecule has 0 heterocycles. The van der Waals surface area contributed by atoms with E-state index in [1.54, 1.807) is 36.4 Å². The number of esters is 1. The van der Waals surface area contributed by atoms with Crippen molar-refractivity contribution in [2.45, 2.75) is 0 Å². The van der Waals surface area contributed by atoms with Crippen LogP contribution in [0.15, 0.2) is 42.5 Å². The molecule has 0 aliphatic carbocycles. The second-order valence-corrected chi connectivity index (χ2v) is 5.01. The molecule has 0 atom stereocenters. The maximum absolute atomic E-state index is 12.2. The van der Waals surface area contributed by atoms with Crippen LogP contribution >= 0.6 is 11.6 Å². The number of carbonyl (C=O) groups excluding carboxylic acids is 2. The first-order valence-corrected chi connectivity index (χ1v) is 7.11. The Morgan fingerprint density at radius 1 is 1.00 bits per heavy atom. The Hall–Kier alpha value is -2.53. The minimum absolute atomic E-state index is 0.191. The van der Waals surface area contributed by atoms with Crippen molar-refractivity contribution in [2.75, 3.05) is 20.8 Å². The number of benzene rings is 2. The van der Waals surface area contributed by atoms with Crippen molar-refractivity contribution in [3.63, 3.8) is 0 Å². The second-order valence-electron chi connectivity index (χ2n) is 4.57. The Labute approximate surface area is 138 Å². The summed E-state index contributed by atoms with van der Waals surface area (Å²) in [4.78, 5) is 24.1. The molecular formula is C17H15ClO5. The molecular weight excluding hydrogens is 320 g/mol. The lowest BCUT2D eigenvalue weighted by Gasteiger charge is -2.10. The summed E-state index contributed by atoms with van der Waals surface area (Å²) in [5.41, 5.74) is 0.607. The highest BCUT2D eigenvalue weighted by Crippen LogP contribution is 2.24. The van der Waals surface area contributed by atoms with E-state index in [9.17, 15) is 9.59 Å². The van der Waals surface area contributed by atoms with Crippen molar-refractivity contribution in [1.82, 2.24) is 0 Å². The van der Waals surface area contributed by atoms with E-state index in [4.69, 9.17) is 25.8 Å². The van der Waals surface area contributed by atoms with Crippen LogP contribution in [0.1, 0.15) is 20.7 Å². The number of hydrogen-bond donors (Lipinski definition) is 0. The standard InChI is InChI=1S/C17H15ClO5/c1-21-13-7-8-16(22-2)14(9-13)17(20)23-10-15(19)11-3-5-12(18)6-4-11/h3-9H,10H2,1-2H3. The number of methoxy groups -OCH3 is 2. The van der Waals surface area contributed by atoms with E-state index in [1.807, 2.05) is 0 Å². The highest BCUT2D eigenvalue weighted by Gasteiger charge is 2.17. The Morgan fingerprint density at radius 3 is 2.30 bits per heavy atom. The van der Waals surface area contributed by atoms with Gasteiger partial charge in [-0.15, -0.1) is 0 Å². The van der Waals surface area contributed by atoms with Crippen LogP contribution in [0.2, 0.25) is 5.02 Å². The quantitative estimate of drug-likeness (QED) is 0.598. The van der Waals surface area contributed by atoms with Gasteiger partial charge in [-0.1, -0.05) is 11.6 Å². The van der Waals surface area contributed by atoms with Crippen LogP contribution in [0.3, 0.4) is 0 Å². The molecule has 0 N–H and O–H groups in total. The van der Waals surface area contributed by atoms with E-state index in [0.29, 0.717) is 22.1 Å². The van der Waals surface area contributed by atoms with Gasteiger partial charge in [0.1, 0.15) is 17.1 Å². The second kappa shape index (κ2) is 7.65. The molecule has 0 aromatic heterocycles. The molecule has 0 radical (unpaired) electrons. The molecule has 0 aliphatic rings. The molecule has 0 bridgehead atoms. The summed E-state index contributed by atoms with van der Waals surface area (Å²) >= 11 is 5.76. The molecule has 0 aliphatic heterocycles. The number of halogens is 1. The maximum atomic E-state index is 12.2. The highest BCUT2D eigenvalue weighted by molar-refractivity contribution is 6.30. The number of hydrogen-bond acceptors (Lipinski definition) is 5. The highest BCUT2D eigenvalue weighted by atomic mass is 35.5. The molecule has 0 saturated heterocycles. The van der Waals surface area contributed by atoms with Gasteiger partial charge in [0.05, 0.1) is 14.2 Å². The van der Waals surface area contributed by atoms with Crippen molar-refractivity contribution in [3.05, 3.63) is 58.6 Å². The third-order valence-corrected chi connectivity index (χ3v) is 3.38. The minimum Gasteiger partial charge on any atom is -0.497 e. The van der Waals surface area contributed by atoms with E-state index in [-0.39, 0.29) is 18.0 Å². The molecule has 0 fully saturated rings. The van der Waals surface area contributed by atoms with Gasteiger partial charge in [-0.25, -0.2) is 4.79 Å². The average Bonchev–Trinajstić information content (AvgIpc) is 2.59. The fourth-order valence-corrected chi connectivity index (χ4v) is 2.03. The molecule has 0 amide bonds. The number of ketones is 1. The molecule has 2 aromatic rings. The smallest absolute Gasteiger partial charge is 0.342 e. The SMILES string of the molecule is COc1ccc(OC)c(C(=O)OCC(=O)c2ccc(Cl)cc2)c1. The first-order chi connectivity index (χ1) is 11.0. The van der Waals surface area contributed by atoms with Gasteiger partial charge in [0.2, 0.25) is 0 Å². The monoisotopic (exact) mass is 334 g/mol. The van der Waals surface area contributed by atoms with Crippen LogP contribution < -0.4 is 9.47 Å². The van der Waals surface area contributed by atoms with Crippen molar-refractivity contribution in [1.29, 1.82) is 0 Å². The van der Waals surface area contributed by atoms with Gasteiger partial charge < -0.3 is 14.2 Å². The van der Waals surface area contributed by atoms with Gasteiger partial charge in [-0.3, -0.25) is 4.79 Å². The van der Waals surface area contributed by atoms with Crippen LogP contribution in [-0.4, -0.2) is 32.6 Å².